The van der Waals surface area contributed by atoms with Gasteiger partial charge in [0.1, 0.15) is 0 Å². The predicted molar refractivity (Wildman–Crippen MR) is 70.4 cm³/mol. The molecule has 0 saturated carbocycles. The van der Waals surface area contributed by atoms with Gasteiger partial charge in [-0.15, -0.1) is 11.3 Å². The number of benzene rings is 1. The quantitative estimate of drug-likeness (QED) is 0.888. The molecule has 0 aliphatic rings. The number of ether oxygens (including phenoxy) is 1. The Morgan fingerprint density at radius 1 is 1.41 bits per heavy atom. The highest BCUT2D eigenvalue weighted by atomic mass is 32.1. The Morgan fingerprint density at radius 3 is 2.82 bits per heavy atom. The minimum absolute atomic E-state index is 0.109. The predicted octanol–water partition coefficient (Wildman–Crippen LogP) is 2.62. The standard InChI is InChI=1S/C13H17NO2S/c1-3-11(16-2)10(15)8-13-14-9-6-4-5-7-12(9)17-13/h4-7,10-11,15H,3,8H2,1-2H3. The van der Waals surface area contributed by atoms with E-state index in [4.69, 9.17) is 4.74 Å². The summed E-state index contributed by atoms with van der Waals surface area (Å²) in [5.41, 5.74) is 1.00. The van der Waals surface area contributed by atoms with Crippen molar-refractivity contribution in [2.75, 3.05) is 7.11 Å². The van der Waals surface area contributed by atoms with Gasteiger partial charge in [-0.2, -0.15) is 0 Å². The molecule has 2 atom stereocenters. The number of para-hydroxylation sites is 1. The molecule has 0 saturated heterocycles. The maximum atomic E-state index is 10.0. The highest BCUT2D eigenvalue weighted by Gasteiger charge is 2.18. The van der Waals surface area contributed by atoms with Crippen LogP contribution in [0.4, 0.5) is 0 Å². The number of aromatic nitrogens is 1. The lowest BCUT2D eigenvalue weighted by atomic mass is 10.1. The maximum Gasteiger partial charge on any atom is 0.0965 e. The summed E-state index contributed by atoms with van der Waals surface area (Å²) in [7, 11) is 1.63. The van der Waals surface area contributed by atoms with Crippen LogP contribution in [0.5, 0.6) is 0 Å². The Hall–Kier alpha value is -0.970. The lowest BCUT2D eigenvalue weighted by Gasteiger charge is -2.18. The molecule has 1 aromatic carbocycles. The van der Waals surface area contributed by atoms with Crippen LogP contribution in [-0.4, -0.2) is 29.4 Å². The van der Waals surface area contributed by atoms with Gasteiger partial charge < -0.3 is 9.84 Å². The van der Waals surface area contributed by atoms with Gasteiger partial charge >= 0.3 is 0 Å². The summed E-state index contributed by atoms with van der Waals surface area (Å²) in [6.45, 7) is 2.01. The molecule has 0 amide bonds. The van der Waals surface area contributed by atoms with Gasteiger partial charge in [0.2, 0.25) is 0 Å². The van der Waals surface area contributed by atoms with E-state index in [9.17, 15) is 5.11 Å². The molecule has 17 heavy (non-hydrogen) atoms. The normalized spacial score (nSPS) is 15.0. The van der Waals surface area contributed by atoms with Crippen LogP contribution in [0, 0.1) is 0 Å². The number of rotatable bonds is 5. The van der Waals surface area contributed by atoms with E-state index in [0.29, 0.717) is 6.42 Å². The Bertz CT molecular complexity index is 446. The second kappa shape index (κ2) is 5.58. The number of aliphatic hydroxyl groups is 1. The molecular weight excluding hydrogens is 234 g/mol. The number of hydrogen-bond acceptors (Lipinski definition) is 4. The molecule has 2 rings (SSSR count). The summed E-state index contributed by atoms with van der Waals surface area (Å²) in [6.07, 6.45) is 0.779. The van der Waals surface area contributed by atoms with Gasteiger partial charge in [0, 0.05) is 13.5 Å². The third kappa shape index (κ3) is 2.83. The van der Waals surface area contributed by atoms with Crippen molar-refractivity contribution in [3.63, 3.8) is 0 Å². The first-order valence-electron chi connectivity index (χ1n) is 5.80. The van der Waals surface area contributed by atoms with Gasteiger partial charge in [-0.25, -0.2) is 4.98 Å². The van der Waals surface area contributed by atoms with Crippen molar-refractivity contribution in [1.82, 2.24) is 4.98 Å². The van der Waals surface area contributed by atoms with Gasteiger partial charge in [-0.3, -0.25) is 0 Å². The summed E-state index contributed by atoms with van der Waals surface area (Å²) in [4.78, 5) is 4.51. The summed E-state index contributed by atoms with van der Waals surface area (Å²) in [6, 6.07) is 8.03. The first kappa shape index (κ1) is 12.5. The maximum absolute atomic E-state index is 10.0. The molecule has 0 radical (unpaired) electrons. The van der Waals surface area contributed by atoms with E-state index in [-0.39, 0.29) is 6.10 Å². The fourth-order valence-corrected chi connectivity index (χ4v) is 2.93. The van der Waals surface area contributed by atoms with E-state index in [0.717, 1.165) is 16.9 Å². The molecule has 92 valence electrons. The molecule has 0 bridgehead atoms. The highest BCUT2D eigenvalue weighted by molar-refractivity contribution is 7.18. The van der Waals surface area contributed by atoms with Crippen LogP contribution in [0.15, 0.2) is 24.3 Å². The lowest BCUT2D eigenvalue weighted by Crippen LogP contribution is -2.29. The number of thiazole rings is 1. The van der Waals surface area contributed by atoms with E-state index < -0.39 is 6.10 Å². The van der Waals surface area contributed by atoms with E-state index >= 15 is 0 Å². The minimum Gasteiger partial charge on any atom is -0.390 e. The Kier molecular flexibility index (Phi) is 4.10. The van der Waals surface area contributed by atoms with Gasteiger partial charge in [0.25, 0.3) is 0 Å². The number of methoxy groups -OCH3 is 1. The number of aliphatic hydroxyl groups excluding tert-OH is 1. The number of nitrogens with zero attached hydrogens (tertiary/aromatic N) is 1. The van der Waals surface area contributed by atoms with Gasteiger partial charge in [0.05, 0.1) is 27.4 Å². The number of hydrogen-bond donors (Lipinski definition) is 1. The highest BCUT2D eigenvalue weighted by Crippen LogP contribution is 2.23. The molecular formula is C13H17NO2S. The van der Waals surface area contributed by atoms with Crippen molar-refractivity contribution in [1.29, 1.82) is 0 Å². The van der Waals surface area contributed by atoms with Crippen LogP contribution < -0.4 is 0 Å². The van der Waals surface area contributed by atoms with Crippen LogP contribution in [0.1, 0.15) is 18.4 Å². The zero-order valence-corrected chi connectivity index (χ0v) is 10.9. The molecule has 2 aromatic rings. The second-order valence-corrected chi connectivity index (χ2v) is 5.14. The fraction of sp³-hybridized carbons (Fsp3) is 0.462. The van der Waals surface area contributed by atoms with Crippen LogP contribution in [-0.2, 0) is 11.2 Å². The molecule has 2 unspecified atom stereocenters. The smallest absolute Gasteiger partial charge is 0.0965 e. The van der Waals surface area contributed by atoms with Crippen LogP contribution in [0.3, 0.4) is 0 Å². The fourth-order valence-electron chi connectivity index (χ4n) is 1.91. The van der Waals surface area contributed by atoms with E-state index in [2.05, 4.69) is 11.1 Å². The zero-order valence-electron chi connectivity index (χ0n) is 10.1. The average molecular weight is 251 g/mol. The topological polar surface area (TPSA) is 42.4 Å². The molecule has 0 spiro atoms. The van der Waals surface area contributed by atoms with Crippen molar-refractivity contribution < 1.29 is 9.84 Å². The van der Waals surface area contributed by atoms with Crippen molar-refractivity contribution >= 4 is 21.6 Å². The lowest BCUT2D eigenvalue weighted by molar-refractivity contribution is -0.0128. The van der Waals surface area contributed by atoms with Crippen molar-refractivity contribution in [3.05, 3.63) is 29.3 Å². The summed E-state index contributed by atoms with van der Waals surface area (Å²) < 4.78 is 6.40. The van der Waals surface area contributed by atoms with Crippen molar-refractivity contribution in [3.8, 4) is 0 Å². The summed E-state index contributed by atoms with van der Waals surface area (Å²) in [5, 5.41) is 11.0. The minimum atomic E-state index is -0.481. The molecule has 0 aliphatic carbocycles. The van der Waals surface area contributed by atoms with Gasteiger partial charge in [-0.1, -0.05) is 19.1 Å². The molecule has 0 fully saturated rings. The third-order valence-corrected chi connectivity index (χ3v) is 3.91. The second-order valence-electron chi connectivity index (χ2n) is 4.03. The Balaban J connectivity index is 2.12. The van der Waals surface area contributed by atoms with Crippen LogP contribution in [0.25, 0.3) is 10.2 Å². The van der Waals surface area contributed by atoms with Crippen molar-refractivity contribution in [2.24, 2.45) is 0 Å². The summed E-state index contributed by atoms with van der Waals surface area (Å²) >= 11 is 1.64. The first-order valence-corrected chi connectivity index (χ1v) is 6.61. The van der Waals surface area contributed by atoms with Gasteiger partial charge in [-0.05, 0) is 18.6 Å². The molecule has 3 nitrogen and oxygen atoms in total. The van der Waals surface area contributed by atoms with Crippen molar-refractivity contribution in [2.45, 2.75) is 32.0 Å². The van der Waals surface area contributed by atoms with E-state index in [1.165, 1.54) is 4.70 Å². The third-order valence-electron chi connectivity index (χ3n) is 2.86. The Labute approximate surface area is 105 Å². The van der Waals surface area contributed by atoms with Crippen LogP contribution in [0.2, 0.25) is 0 Å². The summed E-state index contributed by atoms with van der Waals surface area (Å²) in [5.74, 6) is 0. The average Bonchev–Trinajstić information content (AvgIpc) is 2.72. The molecule has 1 N–H and O–H groups in total. The molecule has 1 heterocycles. The molecule has 4 heteroatoms. The SMILES string of the molecule is CCC(OC)C(O)Cc1nc2ccccc2s1. The van der Waals surface area contributed by atoms with Gasteiger partial charge in [0.15, 0.2) is 0 Å². The number of fused-ring (bicyclic) bond motifs is 1. The largest absolute Gasteiger partial charge is 0.390 e. The van der Waals surface area contributed by atoms with Crippen LogP contribution >= 0.6 is 11.3 Å². The Morgan fingerprint density at radius 2 is 2.18 bits per heavy atom. The van der Waals surface area contributed by atoms with E-state index in [1.807, 2.05) is 25.1 Å². The molecule has 1 aromatic heterocycles. The first-order chi connectivity index (χ1) is 8.24. The zero-order chi connectivity index (χ0) is 12.3. The molecule has 0 aliphatic heterocycles. The monoisotopic (exact) mass is 251 g/mol. The van der Waals surface area contributed by atoms with E-state index in [1.54, 1.807) is 18.4 Å².